The zero-order valence-corrected chi connectivity index (χ0v) is 15.1. The van der Waals surface area contributed by atoms with Crippen LogP contribution < -0.4 is 5.32 Å². The van der Waals surface area contributed by atoms with Crippen LogP contribution in [0.4, 0.5) is 5.13 Å². The number of para-hydroxylation sites is 1. The van der Waals surface area contributed by atoms with Crippen LogP contribution in [0.1, 0.15) is 23.0 Å². The molecule has 5 nitrogen and oxygen atoms in total. The van der Waals surface area contributed by atoms with Crippen LogP contribution in [0.2, 0.25) is 0 Å². The van der Waals surface area contributed by atoms with Gasteiger partial charge in [-0.3, -0.25) is 4.79 Å². The first-order chi connectivity index (χ1) is 11.6. The molecule has 3 aromatic rings. The van der Waals surface area contributed by atoms with E-state index in [1.807, 2.05) is 38.1 Å². The Balaban J connectivity index is 1.78. The SMILES string of the molecule is C=CCNc1nnc(S[C@@H](C)C(=O)c2c(C)[nH]c3ccccc23)s1. The van der Waals surface area contributed by atoms with Crippen molar-refractivity contribution in [1.29, 1.82) is 0 Å². The number of Topliss-reactive ketones (excluding diaryl/α,β-unsaturated/α-hetero) is 1. The molecule has 0 saturated carbocycles. The quantitative estimate of drug-likeness (QED) is 0.374. The molecule has 0 fully saturated rings. The Labute approximate surface area is 148 Å². The molecule has 0 bridgehead atoms. The predicted octanol–water partition coefficient (Wildman–Crippen LogP) is 4.29. The largest absolute Gasteiger partial charge is 0.358 e. The van der Waals surface area contributed by atoms with Crippen LogP contribution in [0, 0.1) is 6.92 Å². The molecule has 24 heavy (non-hydrogen) atoms. The lowest BCUT2D eigenvalue weighted by Gasteiger charge is -2.08. The van der Waals surface area contributed by atoms with Gasteiger partial charge in [0.2, 0.25) is 5.13 Å². The minimum Gasteiger partial charge on any atom is -0.358 e. The van der Waals surface area contributed by atoms with E-state index in [0.29, 0.717) is 6.54 Å². The molecule has 0 radical (unpaired) electrons. The first kappa shape index (κ1) is 16.7. The fourth-order valence-corrected chi connectivity index (χ4v) is 4.45. The number of hydrogen-bond donors (Lipinski definition) is 2. The van der Waals surface area contributed by atoms with Crippen molar-refractivity contribution in [3.8, 4) is 0 Å². The van der Waals surface area contributed by atoms with Crippen molar-refractivity contribution in [3.63, 3.8) is 0 Å². The van der Waals surface area contributed by atoms with E-state index in [1.165, 1.54) is 23.1 Å². The van der Waals surface area contributed by atoms with Gasteiger partial charge in [0.25, 0.3) is 0 Å². The number of aryl methyl sites for hydroxylation is 1. The van der Waals surface area contributed by atoms with Gasteiger partial charge >= 0.3 is 0 Å². The van der Waals surface area contributed by atoms with E-state index < -0.39 is 0 Å². The number of rotatable bonds is 7. The third kappa shape index (κ3) is 3.37. The molecule has 3 rings (SSSR count). The average molecular weight is 358 g/mol. The fourth-order valence-electron chi connectivity index (χ4n) is 2.49. The topological polar surface area (TPSA) is 70.7 Å². The van der Waals surface area contributed by atoms with E-state index in [0.717, 1.165) is 31.6 Å². The number of ketones is 1. The molecule has 0 aliphatic heterocycles. The van der Waals surface area contributed by atoms with Gasteiger partial charge in [-0.05, 0) is 19.9 Å². The maximum atomic E-state index is 12.9. The highest BCUT2D eigenvalue weighted by Gasteiger charge is 2.23. The van der Waals surface area contributed by atoms with Gasteiger partial charge in [0.15, 0.2) is 10.1 Å². The summed E-state index contributed by atoms with van der Waals surface area (Å²) in [5.74, 6) is 0.103. The first-order valence-electron chi connectivity index (χ1n) is 7.56. The Kier molecular flexibility index (Phi) is 5.01. The Morgan fingerprint density at radius 3 is 3.04 bits per heavy atom. The monoisotopic (exact) mass is 358 g/mol. The Morgan fingerprint density at radius 1 is 1.46 bits per heavy atom. The van der Waals surface area contributed by atoms with Gasteiger partial charge in [-0.25, -0.2) is 0 Å². The maximum absolute atomic E-state index is 12.9. The van der Waals surface area contributed by atoms with Crippen molar-refractivity contribution < 1.29 is 4.79 Å². The smallest absolute Gasteiger partial charge is 0.206 e. The maximum Gasteiger partial charge on any atom is 0.206 e. The summed E-state index contributed by atoms with van der Waals surface area (Å²) in [4.78, 5) is 16.2. The van der Waals surface area contributed by atoms with Crippen molar-refractivity contribution >= 4 is 44.9 Å². The molecule has 1 atom stereocenters. The second-order valence-corrected chi connectivity index (χ2v) is 7.90. The molecule has 0 saturated heterocycles. The highest BCUT2D eigenvalue weighted by Crippen LogP contribution is 2.32. The van der Waals surface area contributed by atoms with Gasteiger partial charge in [-0.1, -0.05) is 47.4 Å². The lowest BCUT2D eigenvalue weighted by molar-refractivity contribution is 0.0995. The number of fused-ring (bicyclic) bond motifs is 1. The number of carbonyl (C=O) groups is 1. The summed E-state index contributed by atoms with van der Waals surface area (Å²) < 4.78 is 0.778. The lowest BCUT2D eigenvalue weighted by atomic mass is 10.1. The van der Waals surface area contributed by atoms with Crippen LogP contribution in [0.25, 0.3) is 10.9 Å². The van der Waals surface area contributed by atoms with Gasteiger partial charge in [-0.15, -0.1) is 16.8 Å². The third-order valence-electron chi connectivity index (χ3n) is 3.59. The molecule has 0 amide bonds. The molecular weight excluding hydrogens is 340 g/mol. The second-order valence-electron chi connectivity index (χ2n) is 5.34. The van der Waals surface area contributed by atoms with E-state index >= 15 is 0 Å². The molecule has 2 heterocycles. The number of anilines is 1. The number of nitrogens with one attached hydrogen (secondary N) is 2. The van der Waals surface area contributed by atoms with Crippen LogP contribution in [-0.4, -0.2) is 32.8 Å². The normalized spacial score (nSPS) is 12.2. The van der Waals surface area contributed by atoms with Crippen LogP contribution in [0.5, 0.6) is 0 Å². The summed E-state index contributed by atoms with van der Waals surface area (Å²) in [6.45, 7) is 8.14. The second kappa shape index (κ2) is 7.19. The van der Waals surface area contributed by atoms with Crippen LogP contribution in [0.15, 0.2) is 41.3 Å². The zero-order chi connectivity index (χ0) is 17.1. The third-order valence-corrected chi connectivity index (χ3v) is 5.66. The molecule has 124 valence electrons. The summed E-state index contributed by atoms with van der Waals surface area (Å²) in [7, 11) is 0. The molecule has 1 aromatic carbocycles. The first-order valence-corrected chi connectivity index (χ1v) is 9.26. The number of thioether (sulfide) groups is 1. The van der Waals surface area contributed by atoms with Crippen molar-refractivity contribution in [2.75, 3.05) is 11.9 Å². The minimum absolute atomic E-state index is 0.103. The predicted molar refractivity (Wildman–Crippen MR) is 101 cm³/mol. The van der Waals surface area contributed by atoms with Gasteiger partial charge in [0, 0.05) is 28.7 Å². The molecule has 0 spiro atoms. The van der Waals surface area contributed by atoms with E-state index in [-0.39, 0.29) is 11.0 Å². The van der Waals surface area contributed by atoms with E-state index in [2.05, 4.69) is 27.1 Å². The summed E-state index contributed by atoms with van der Waals surface area (Å²) >= 11 is 2.88. The lowest BCUT2D eigenvalue weighted by Crippen LogP contribution is -2.14. The van der Waals surface area contributed by atoms with E-state index in [1.54, 1.807) is 6.08 Å². The van der Waals surface area contributed by atoms with Crippen molar-refractivity contribution in [3.05, 3.63) is 48.2 Å². The van der Waals surface area contributed by atoms with Crippen molar-refractivity contribution in [2.45, 2.75) is 23.4 Å². The fraction of sp³-hybridized carbons (Fsp3) is 0.235. The molecule has 2 aromatic heterocycles. The number of H-pyrrole nitrogens is 1. The number of nitrogens with zero attached hydrogens (tertiary/aromatic N) is 2. The van der Waals surface area contributed by atoms with E-state index in [9.17, 15) is 4.79 Å². The highest BCUT2D eigenvalue weighted by atomic mass is 32.2. The number of carbonyl (C=O) groups excluding carboxylic acids is 1. The minimum atomic E-state index is -0.233. The molecule has 2 N–H and O–H groups in total. The average Bonchev–Trinajstić information content (AvgIpc) is 3.15. The number of aromatic nitrogens is 3. The Hall–Kier alpha value is -2.12. The highest BCUT2D eigenvalue weighted by molar-refractivity contribution is 8.02. The van der Waals surface area contributed by atoms with Crippen LogP contribution in [0.3, 0.4) is 0 Å². The molecule has 0 aliphatic carbocycles. The molecule has 0 aliphatic rings. The molecular formula is C17H18N4OS2. The Bertz CT molecular complexity index is 884. The number of hydrogen-bond acceptors (Lipinski definition) is 6. The number of benzene rings is 1. The van der Waals surface area contributed by atoms with Crippen molar-refractivity contribution in [2.24, 2.45) is 0 Å². The van der Waals surface area contributed by atoms with Gasteiger partial charge in [0.1, 0.15) is 0 Å². The van der Waals surface area contributed by atoms with Gasteiger partial charge in [0.05, 0.1) is 5.25 Å². The molecule has 7 heteroatoms. The standard InChI is InChI=1S/C17H18N4OS2/c1-4-9-18-16-20-21-17(24-16)23-11(3)15(22)14-10(2)19-13-8-6-5-7-12(13)14/h4-8,11,19H,1,9H2,2-3H3,(H,18,20)/t11-/m0/s1. The van der Waals surface area contributed by atoms with Crippen LogP contribution >= 0.6 is 23.1 Å². The van der Waals surface area contributed by atoms with Gasteiger partial charge in [-0.2, -0.15) is 0 Å². The zero-order valence-electron chi connectivity index (χ0n) is 13.5. The Morgan fingerprint density at radius 2 is 2.25 bits per heavy atom. The summed E-state index contributed by atoms with van der Waals surface area (Å²) in [6.07, 6.45) is 1.76. The summed E-state index contributed by atoms with van der Waals surface area (Å²) in [6, 6.07) is 7.88. The summed E-state index contributed by atoms with van der Waals surface area (Å²) in [5.41, 5.74) is 2.65. The van der Waals surface area contributed by atoms with E-state index in [4.69, 9.17) is 0 Å². The van der Waals surface area contributed by atoms with Crippen molar-refractivity contribution in [1.82, 2.24) is 15.2 Å². The molecule has 0 unspecified atom stereocenters. The number of aromatic amines is 1. The van der Waals surface area contributed by atoms with Crippen LogP contribution in [-0.2, 0) is 0 Å². The van der Waals surface area contributed by atoms with Gasteiger partial charge < -0.3 is 10.3 Å². The summed E-state index contributed by atoms with van der Waals surface area (Å²) in [5, 5.41) is 12.8.